The quantitative estimate of drug-likeness (QED) is 0.152. The number of thiazole rings is 4. The second-order valence-electron chi connectivity index (χ2n) is 13.6. The van der Waals surface area contributed by atoms with E-state index in [4.69, 9.17) is 19.9 Å². The second-order valence-corrected chi connectivity index (χ2v) is 20.2. The molecule has 4 rings (SSSR count). The molecule has 4 nitrogen and oxygen atoms in total. The first-order chi connectivity index (χ1) is 19.4. The van der Waals surface area contributed by atoms with E-state index in [1.807, 2.05) is 0 Å². The van der Waals surface area contributed by atoms with Gasteiger partial charge in [0.1, 0.15) is 15.0 Å². The van der Waals surface area contributed by atoms with Crippen LogP contribution >= 0.6 is 77.2 Å². The summed E-state index contributed by atoms with van der Waals surface area (Å²) in [7, 11) is 0. The fourth-order valence-electron chi connectivity index (χ4n) is 4.43. The molecule has 4 aromatic rings. The Bertz CT molecular complexity index is 1570. The van der Waals surface area contributed by atoms with Gasteiger partial charge in [0.25, 0.3) is 0 Å². The lowest BCUT2D eigenvalue weighted by Gasteiger charge is -2.22. The van der Waals surface area contributed by atoms with Crippen LogP contribution in [0.15, 0.2) is 7.70 Å². The van der Waals surface area contributed by atoms with Gasteiger partial charge < -0.3 is 0 Å². The summed E-state index contributed by atoms with van der Waals surface area (Å²) in [4.78, 5) is 24.6. The van der Waals surface area contributed by atoms with Crippen molar-refractivity contribution < 1.29 is 0 Å². The van der Waals surface area contributed by atoms with Crippen LogP contribution in [0.3, 0.4) is 0 Å². The van der Waals surface area contributed by atoms with Gasteiger partial charge in [-0.25, -0.2) is 19.9 Å². The molecule has 0 fully saturated rings. The van der Waals surface area contributed by atoms with Gasteiger partial charge in [-0.3, -0.25) is 0 Å². The third kappa shape index (κ3) is 6.41. The molecule has 0 radical (unpaired) electrons. The van der Waals surface area contributed by atoms with Crippen molar-refractivity contribution in [1.29, 1.82) is 0 Å². The van der Waals surface area contributed by atoms with Gasteiger partial charge in [0.05, 0.1) is 41.2 Å². The maximum Gasteiger partial charge on any atom is 0.160 e. The highest BCUT2D eigenvalue weighted by atomic mass is 79.9. The molecule has 0 N–H and O–H groups in total. The van der Waals surface area contributed by atoms with Gasteiger partial charge in [-0.15, -0.1) is 45.3 Å². The minimum absolute atomic E-state index is 0.000573. The van der Waals surface area contributed by atoms with Crippen LogP contribution in [0, 0.1) is 0 Å². The summed E-state index contributed by atoms with van der Waals surface area (Å²) >= 11 is 14.5. The summed E-state index contributed by atoms with van der Waals surface area (Å²) < 4.78 is 2.03. The number of hydrogen-bond donors (Lipinski definition) is 0. The average Bonchev–Trinajstić information content (AvgIpc) is 3.72. The number of halogens is 2. The third-order valence-corrected chi connectivity index (χ3v) is 14.9. The maximum atomic E-state index is 5.45. The number of aromatic nitrogens is 4. The summed E-state index contributed by atoms with van der Waals surface area (Å²) in [5, 5.41) is 3.14. The molecular weight excluding hydrogens is 728 g/mol. The van der Waals surface area contributed by atoms with Gasteiger partial charge >= 0.3 is 0 Å². The SMILES string of the molecule is CCC(C)(C)c1nc(-c2sc(-c3sc(-c4sc(Br)nc4C(C)(C)CC)nc3C(C)(C)CC)nc2C(C)(C)CC)sc1Br. The summed E-state index contributed by atoms with van der Waals surface area (Å²) in [5.41, 5.74) is 4.29. The van der Waals surface area contributed by atoms with Gasteiger partial charge in [0, 0.05) is 21.7 Å². The van der Waals surface area contributed by atoms with E-state index in [-0.39, 0.29) is 21.7 Å². The van der Waals surface area contributed by atoms with E-state index in [1.54, 1.807) is 45.3 Å². The first kappa shape index (κ1) is 34.4. The van der Waals surface area contributed by atoms with Gasteiger partial charge in [-0.05, 0) is 57.5 Å². The zero-order chi connectivity index (χ0) is 31.4. The first-order valence-electron chi connectivity index (χ1n) is 14.8. The summed E-state index contributed by atoms with van der Waals surface area (Å²) in [5.74, 6) is 0. The van der Waals surface area contributed by atoms with Crippen LogP contribution in [0.1, 0.15) is 132 Å². The summed E-state index contributed by atoms with van der Waals surface area (Å²) in [6.45, 7) is 27.3. The molecule has 0 aliphatic rings. The Morgan fingerprint density at radius 1 is 0.452 bits per heavy atom. The largest absolute Gasteiger partial charge is 0.239 e. The predicted molar refractivity (Wildman–Crippen MR) is 194 cm³/mol. The van der Waals surface area contributed by atoms with Crippen molar-refractivity contribution in [3.05, 3.63) is 30.5 Å². The number of hydrogen-bond acceptors (Lipinski definition) is 8. The molecule has 0 aliphatic heterocycles. The van der Waals surface area contributed by atoms with Crippen molar-refractivity contribution in [2.24, 2.45) is 0 Å². The van der Waals surface area contributed by atoms with Crippen LogP contribution in [-0.2, 0) is 21.7 Å². The van der Waals surface area contributed by atoms with E-state index >= 15 is 0 Å². The molecule has 0 saturated heterocycles. The van der Waals surface area contributed by atoms with E-state index in [0.717, 1.165) is 71.2 Å². The molecule has 0 saturated carbocycles. The standard InChI is InChI=1S/C32H44Br2N4S4/c1-13-29(5,6)20-17(39-26(36-20)19-22(31(9,10)15-3)38-28(34)41-19)25-35-21(30(7,8)14-2)18(40-25)27-37-23(24(33)42-27)32(11,12)16-4/h13-16H2,1-12H3. The Morgan fingerprint density at radius 2 is 0.762 bits per heavy atom. The zero-order valence-electron chi connectivity index (χ0n) is 27.0. The van der Waals surface area contributed by atoms with E-state index < -0.39 is 0 Å². The lowest BCUT2D eigenvalue weighted by Crippen LogP contribution is -2.18. The highest BCUT2D eigenvalue weighted by Gasteiger charge is 2.36. The Morgan fingerprint density at radius 3 is 1.17 bits per heavy atom. The van der Waals surface area contributed by atoms with Gasteiger partial charge in [0.2, 0.25) is 0 Å². The van der Waals surface area contributed by atoms with Crippen LogP contribution < -0.4 is 0 Å². The lowest BCUT2D eigenvalue weighted by molar-refractivity contribution is 0.490. The highest BCUT2D eigenvalue weighted by Crippen LogP contribution is 2.51. The Balaban J connectivity index is 1.98. The molecule has 0 amide bonds. The number of nitrogens with zero attached hydrogens (tertiary/aromatic N) is 4. The molecule has 0 spiro atoms. The predicted octanol–water partition coefficient (Wildman–Crippen LogP) is 12.8. The molecular formula is C32H44Br2N4S4. The molecule has 4 aromatic heterocycles. The maximum absolute atomic E-state index is 5.45. The lowest BCUT2D eigenvalue weighted by atomic mass is 9.85. The van der Waals surface area contributed by atoms with E-state index in [1.165, 1.54) is 14.6 Å². The summed E-state index contributed by atoms with van der Waals surface area (Å²) in [6.07, 6.45) is 4.02. The van der Waals surface area contributed by atoms with Crippen molar-refractivity contribution in [1.82, 2.24) is 19.9 Å². The van der Waals surface area contributed by atoms with Crippen LogP contribution in [0.2, 0.25) is 0 Å². The summed E-state index contributed by atoms with van der Waals surface area (Å²) in [6, 6.07) is 0. The van der Waals surface area contributed by atoms with E-state index in [0.29, 0.717) is 0 Å². The topological polar surface area (TPSA) is 51.6 Å². The Hall–Kier alpha value is -0.520. The van der Waals surface area contributed by atoms with Gasteiger partial charge in [0.15, 0.2) is 3.92 Å². The van der Waals surface area contributed by atoms with Gasteiger partial charge in [-0.1, -0.05) is 83.1 Å². The Labute approximate surface area is 285 Å². The monoisotopic (exact) mass is 770 g/mol. The molecule has 0 bridgehead atoms. The molecule has 10 heteroatoms. The first-order valence-corrected chi connectivity index (χ1v) is 19.6. The Kier molecular flexibility index (Phi) is 10.1. The van der Waals surface area contributed by atoms with Crippen LogP contribution in [0.5, 0.6) is 0 Å². The van der Waals surface area contributed by atoms with Crippen molar-refractivity contribution in [3.63, 3.8) is 0 Å². The highest BCUT2D eigenvalue weighted by molar-refractivity contribution is 9.11. The molecule has 230 valence electrons. The van der Waals surface area contributed by atoms with E-state index in [9.17, 15) is 0 Å². The fraction of sp³-hybridized carbons (Fsp3) is 0.625. The second kappa shape index (κ2) is 12.3. The molecule has 42 heavy (non-hydrogen) atoms. The molecule has 0 aromatic carbocycles. The van der Waals surface area contributed by atoms with Crippen molar-refractivity contribution in [2.45, 2.75) is 130 Å². The minimum Gasteiger partial charge on any atom is -0.239 e. The molecule has 4 heterocycles. The smallest absolute Gasteiger partial charge is 0.160 e. The average molecular weight is 773 g/mol. The molecule has 0 aliphatic carbocycles. The van der Waals surface area contributed by atoms with E-state index in [2.05, 4.69) is 115 Å². The van der Waals surface area contributed by atoms with Crippen molar-refractivity contribution in [2.75, 3.05) is 0 Å². The van der Waals surface area contributed by atoms with Crippen LogP contribution in [0.4, 0.5) is 0 Å². The van der Waals surface area contributed by atoms with Gasteiger partial charge in [-0.2, -0.15) is 0 Å². The third-order valence-electron chi connectivity index (χ3n) is 9.12. The zero-order valence-corrected chi connectivity index (χ0v) is 33.4. The fourth-order valence-corrected chi connectivity index (χ4v) is 10.8. The molecule has 0 unspecified atom stereocenters. The normalized spacial score (nSPS) is 13.4. The van der Waals surface area contributed by atoms with Crippen LogP contribution in [0.25, 0.3) is 29.7 Å². The minimum atomic E-state index is -0.0960. The van der Waals surface area contributed by atoms with Crippen molar-refractivity contribution >= 4 is 77.2 Å². The number of rotatable bonds is 11. The van der Waals surface area contributed by atoms with Crippen LogP contribution in [-0.4, -0.2) is 19.9 Å². The van der Waals surface area contributed by atoms with Crippen molar-refractivity contribution in [3.8, 4) is 29.7 Å². The molecule has 0 atom stereocenters.